The van der Waals surface area contributed by atoms with Crippen molar-refractivity contribution in [1.29, 1.82) is 0 Å². The highest BCUT2D eigenvalue weighted by Gasteiger charge is 2.22. The van der Waals surface area contributed by atoms with Crippen molar-refractivity contribution in [2.45, 2.75) is 20.0 Å². The first-order chi connectivity index (χ1) is 11.4. The zero-order valence-electron chi connectivity index (χ0n) is 13.1. The molecule has 124 valence electrons. The fraction of sp³-hybridized carbons (Fsp3) is 0.188. The number of nitrogens with one attached hydrogen (secondary N) is 1. The summed E-state index contributed by atoms with van der Waals surface area (Å²) in [4.78, 5) is 37.3. The molecule has 1 aromatic heterocycles. The molecule has 0 aliphatic carbocycles. The standard InChI is InChI=1S/C16H15N3O5/c1-10(20)12-5-3-6-13(9-12)18-16(21)11(2)24-14-7-4-8-17-15(14)19(22)23/h3-9,11H,1-2H3,(H,18,21)/t11-/m0/s1. The van der Waals surface area contributed by atoms with Crippen LogP contribution in [-0.4, -0.2) is 27.7 Å². The minimum atomic E-state index is -0.992. The van der Waals surface area contributed by atoms with Gasteiger partial charge in [-0.05, 0) is 48.0 Å². The van der Waals surface area contributed by atoms with Gasteiger partial charge in [0.05, 0.1) is 0 Å². The van der Waals surface area contributed by atoms with E-state index in [1.165, 1.54) is 32.2 Å². The van der Waals surface area contributed by atoms with E-state index in [1.54, 1.807) is 24.3 Å². The van der Waals surface area contributed by atoms with Gasteiger partial charge in [0.2, 0.25) is 5.75 Å². The van der Waals surface area contributed by atoms with Gasteiger partial charge in [0, 0.05) is 11.3 Å². The Morgan fingerprint density at radius 1 is 1.29 bits per heavy atom. The lowest BCUT2D eigenvalue weighted by Crippen LogP contribution is -2.30. The molecule has 1 amide bonds. The third kappa shape index (κ3) is 4.13. The third-order valence-electron chi connectivity index (χ3n) is 3.13. The molecule has 0 bridgehead atoms. The van der Waals surface area contributed by atoms with Crippen molar-refractivity contribution in [3.63, 3.8) is 0 Å². The van der Waals surface area contributed by atoms with Gasteiger partial charge >= 0.3 is 5.82 Å². The zero-order valence-corrected chi connectivity index (χ0v) is 13.1. The molecular formula is C16H15N3O5. The van der Waals surface area contributed by atoms with Gasteiger partial charge in [-0.2, -0.15) is 0 Å². The van der Waals surface area contributed by atoms with Crippen LogP contribution in [0.25, 0.3) is 0 Å². The number of benzene rings is 1. The number of pyridine rings is 1. The van der Waals surface area contributed by atoms with Crippen LogP contribution in [0.15, 0.2) is 42.6 Å². The number of hydrogen-bond acceptors (Lipinski definition) is 6. The molecule has 0 saturated carbocycles. The molecule has 1 N–H and O–H groups in total. The molecule has 2 rings (SSSR count). The van der Waals surface area contributed by atoms with Crippen molar-refractivity contribution >= 4 is 23.2 Å². The van der Waals surface area contributed by atoms with Crippen LogP contribution in [0.2, 0.25) is 0 Å². The van der Waals surface area contributed by atoms with Gasteiger partial charge < -0.3 is 20.2 Å². The van der Waals surface area contributed by atoms with Crippen molar-refractivity contribution in [1.82, 2.24) is 4.98 Å². The van der Waals surface area contributed by atoms with Crippen molar-refractivity contribution in [3.8, 4) is 5.75 Å². The Morgan fingerprint density at radius 2 is 2.04 bits per heavy atom. The van der Waals surface area contributed by atoms with E-state index in [1.807, 2.05) is 0 Å². The van der Waals surface area contributed by atoms with E-state index in [4.69, 9.17) is 4.74 Å². The maximum absolute atomic E-state index is 12.2. The molecular weight excluding hydrogens is 314 g/mol. The van der Waals surface area contributed by atoms with Crippen LogP contribution in [0.4, 0.5) is 11.5 Å². The molecule has 1 aromatic carbocycles. The second-order valence-corrected chi connectivity index (χ2v) is 4.97. The highest BCUT2D eigenvalue weighted by atomic mass is 16.6. The average Bonchev–Trinajstić information content (AvgIpc) is 2.55. The number of amides is 1. The Kier molecular flexibility index (Phi) is 5.20. The fourth-order valence-electron chi connectivity index (χ4n) is 1.92. The van der Waals surface area contributed by atoms with Crippen molar-refractivity contribution in [2.24, 2.45) is 0 Å². The number of rotatable bonds is 6. The molecule has 0 spiro atoms. The number of Topliss-reactive ketones (excluding diaryl/α,β-unsaturated/α-hetero) is 1. The molecule has 0 radical (unpaired) electrons. The van der Waals surface area contributed by atoms with Gasteiger partial charge in [-0.3, -0.25) is 9.59 Å². The molecule has 24 heavy (non-hydrogen) atoms. The number of carbonyl (C=O) groups excluding carboxylic acids is 2. The topological polar surface area (TPSA) is 111 Å². The first kappa shape index (κ1) is 17.1. The lowest BCUT2D eigenvalue weighted by molar-refractivity contribution is -0.390. The average molecular weight is 329 g/mol. The summed E-state index contributed by atoms with van der Waals surface area (Å²) in [5, 5.41) is 13.5. The number of ketones is 1. The van der Waals surface area contributed by atoms with E-state index in [-0.39, 0.29) is 11.5 Å². The summed E-state index contributed by atoms with van der Waals surface area (Å²) in [5.41, 5.74) is 0.896. The highest BCUT2D eigenvalue weighted by Crippen LogP contribution is 2.24. The number of nitrogens with zero attached hydrogens (tertiary/aromatic N) is 2. The van der Waals surface area contributed by atoms with Crippen molar-refractivity contribution in [3.05, 3.63) is 58.3 Å². The van der Waals surface area contributed by atoms with Crippen LogP contribution in [0, 0.1) is 10.1 Å². The fourth-order valence-corrected chi connectivity index (χ4v) is 1.92. The Balaban J connectivity index is 2.09. The number of carbonyl (C=O) groups is 2. The number of nitro groups is 1. The van der Waals surface area contributed by atoms with Crippen LogP contribution in [0.3, 0.4) is 0 Å². The summed E-state index contributed by atoms with van der Waals surface area (Å²) in [6.07, 6.45) is 0.275. The summed E-state index contributed by atoms with van der Waals surface area (Å²) < 4.78 is 5.34. The van der Waals surface area contributed by atoms with E-state index in [2.05, 4.69) is 10.3 Å². The molecule has 0 fully saturated rings. The van der Waals surface area contributed by atoms with Gasteiger partial charge in [0.1, 0.15) is 6.20 Å². The number of anilines is 1. The Bertz CT molecular complexity index is 791. The normalized spacial score (nSPS) is 11.4. The molecule has 0 aliphatic rings. The first-order valence-corrected chi connectivity index (χ1v) is 7.06. The summed E-state index contributed by atoms with van der Waals surface area (Å²) in [7, 11) is 0. The molecule has 8 heteroatoms. The number of hydrogen-bond donors (Lipinski definition) is 1. The molecule has 1 atom stereocenters. The number of ether oxygens (including phenoxy) is 1. The second kappa shape index (κ2) is 7.32. The van der Waals surface area contributed by atoms with Crippen LogP contribution < -0.4 is 10.1 Å². The molecule has 0 unspecified atom stereocenters. The Hall–Kier alpha value is -3.29. The Morgan fingerprint density at radius 3 is 2.71 bits per heavy atom. The minimum absolute atomic E-state index is 0.0948. The number of aromatic nitrogens is 1. The SMILES string of the molecule is CC(=O)c1cccc(NC(=O)[C@H](C)Oc2cccnc2[N+](=O)[O-])c1. The van der Waals surface area contributed by atoms with Gasteiger partial charge in [-0.1, -0.05) is 12.1 Å². The van der Waals surface area contributed by atoms with Crippen LogP contribution in [0.1, 0.15) is 24.2 Å². The van der Waals surface area contributed by atoms with E-state index >= 15 is 0 Å². The predicted molar refractivity (Wildman–Crippen MR) is 86.1 cm³/mol. The van der Waals surface area contributed by atoms with E-state index in [0.29, 0.717) is 11.3 Å². The molecule has 2 aromatic rings. The van der Waals surface area contributed by atoms with Crippen LogP contribution in [-0.2, 0) is 4.79 Å². The highest BCUT2D eigenvalue weighted by molar-refractivity contribution is 5.98. The summed E-state index contributed by atoms with van der Waals surface area (Å²) in [6, 6.07) is 9.29. The van der Waals surface area contributed by atoms with E-state index in [9.17, 15) is 19.7 Å². The summed E-state index contributed by atoms with van der Waals surface area (Å²) in [5.74, 6) is -1.19. The van der Waals surface area contributed by atoms with Crippen LogP contribution >= 0.6 is 0 Å². The summed E-state index contributed by atoms with van der Waals surface area (Å²) in [6.45, 7) is 2.88. The molecule has 0 aliphatic heterocycles. The maximum atomic E-state index is 12.2. The maximum Gasteiger partial charge on any atom is 0.406 e. The largest absolute Gasteiger partial charge is 0.473 e. The minimum Gasteiger partial charge on any atom is -0.473 e. The van der Waals surface area contributed by atoms with Crippen LogP contribution in [0.5, 0.6) is 5.75 Å². The van der Waals surface area contributed by atoms with Gasteiger partial charge in [0.15, 0.2) is 11.9 Å². The van der Waals surface area contributed by atoms with E-state index in [0.717, 1.165) is 0 Å². The quantitative estimate of drug-likeness (QED) is 0.495. The van der Waals surface area contributed by atoms with Crippen molar-refractivity contribution in [2.75, 3.05) is 5.32 Å². The molecule has 0 saturated heterocycles. The predicted octanol–water partition coefficient (Wildman–Crippen LogP) is 2.60. The summed E-state index contributed by atoms with van der Waals surface area (Å²) >= 11 is 0. The lowest BCUT2D eigenvalue weighted by atomic mass is 10.1. The third-order valence-corrected chi connectivity index (χ3v) is 3.13. The molecule has 8 nitrogen and oxygen atoms in total. The molecule has 1 heterocycles. The zero-order chi connectivity index (χ0) is 17.7. The van der Waals surface area contributed by atoms with Crippen molar-refractivity contribution < 1.29 is 19.2 Å². The van der Waals surface area contributed by atoms with Gasteiger partial charge in [-0.25, -0.2) is 0 Å². The monoisotopic (exact) mass is 329 g/mol. The second-order valence-electron chi connectivity index (χ2n) is 4.97. The Labute approximate surface area is 137 Å². The smallest absolute Gasteiger partial charge is 0.406 e. The van der Waals surface area contributed by atoms with Gasteiger partial charge in [0.25, 0.3) is 5.91 Å². The first-order valence-electron chi connectivity index (χ1n) is 7.06. The lowest BCUT2D eigenvalue weighted by Gasteiger charge is -2.14. The van der Waals surface area contributed by atoms with Gasteiger partial charge in [-0.15, -0.1) is 0 Å². The van der Waals surface area contributed by atoms with E-state index < -0.39 is 22.8 Å².